The van der Waals surface area contributed by atoms with E-state index >= 15 is 0 Å². The van der Waals surface area contributed by atoms with Crippen LogP contribution >= 0.6 is 0 Å². The van der Waals surface area contributed by atoms with Crippen LogP contribution in [0, 0.1) is 5.92 Å². The molecule has 4 aromatic rings. The molecule has 3 aliphatic rings. The third-order valence-electron chi connectivity index (χ3n) is 7.42. The average molecular weight is 499 g/mol. The molecule has 7 heteroatoms. The number of carbonyl (C=O) groups excluding carboxylic acids is 3. The minimum absolute atomic E-state index is 0.335. The molecular formula is C31H22N4O3. The van der Waals surface area contributed by atoms with E-state index in [1.54, 1.807) is 53.6 Å². The molecule has 3 atom stereocenters. The van der Waals surface area contributed by atoms with E-state index in [1.807, 2.05) is 66.7 Å². The lowest BCUT2D eigenvalue weighted by atomic mass is 9.85. The Hall–Kier alpha value is -5.04. The highest BCUT2D eigenvalue weighted by Gasteiger charge is 2.65. The van der Waals surface area contributed by atoms with Crippen LogP contribution in [-0.4, -0.2) is 39.6 Å². The number of amides is 3. The molecule has 4 aromatic carbocycles. The first-order valence-electron chi connectivity index (χ1n) is 12.5. The van der Waals surface area contributed by atoms with Crippen LogP contribution in [0.2, 0.25) is 0 Å². The van der Waals surface area contributed by atoms with Crippen molar-refractivity contribution < 1.29 is 14.4 Å². The molecule has 3 amide bonds. The number of nitrogens with zero attached hydrogens (tertiary/aromatic N) is 4. The summed E-state index contributed by atoms with van der Waals surface area (Å²) in [5.41, 5.74) is 4.21. The van der Waals surface area contributed by atoms with Crippen LogP contribution in [0.5, 0.6) is 0 Å². The van der Waals surface area contributed by atoms with Gasteiger partial charge >= 0.3 is 0 Å². The second-order valence-corrected chi connectivity index (χ2v) is 9.50. The highest BCUT2D eigenvalue weighted by Crippen LogP contribution is 2.50. The van der Waals surface area contributed by atoms with E-state index in [2.05, 4.69) is 0 Å². The molecule has 0 radical (unpaired) electrons. The van der Waals surface area contributed by atoms with Crippen LogP contribution < -0.4 is 4.90 Å². The van der Waals surface area contributed by atoms with E-state index in [-0.39, 0.29) is 11.8 Å². The smallest absolute Gasteiger partial charge is 0.273 e. The quantitative estimate of drug-likeness (QED) is 0.392. The summed E-state index contributed by atoms with van der Waals surface area (Å²) in [6.07, 6.45) is 0. The molecule has 0 saturated carbocycles. The summed E-state index contributed by atoms with van der Waals surface area (Å²) in [6.45, 7) is 0. The first-order valence-corrected chi connectivity index (χ1v) is 12.5. The molecule has 0 spiro atoms. The number of hydrazone groups is 1. The van der Waals surface area contributed by atoms with Gasteiger partial charge in [0, 0.05) is 16.7 Å². The fourth-order valence-corrected chi connectivity index (χ4v) is 5.78. The van der Waals surface area contributed by atoms with E-state index in [0.29, 0.717) is 17.0 Å². The zero-order chi connectivity index (χ0) is 25.8. The molecule has 0 aliphatic carbocycles. The zero-order valence-electron chi connectivity index (χ0n) is 20.2. The van der Waals surface area contributed by atoms with Crippen LogP contribution in [0.15, 0.2) is 120 Å². The summed E-state index contributed by atoms with van der Waals surface area (Å²) < 4.78 is 0. The molecule has 7 rings (SSSR count). The SMILES string of the molecule is O=C1C2C3c4ccccc4C(c4ccccc4)=NN3N(C(=O)c3ccccc3)C2C(=O)N1c1ccccc1. The summed E-state index contributed by atoms with van der Waals surface area (Å²) in [6, 6.07) is 33.6. The average Bonchev–Trinajstić information content (AvgIpc) is 3.45. The fraction of sp³-hybridized carbons (Fsp3) is 0.0968. The summed E-state index contributed by atoms with van der Waals surface area (Å²) in [5.74, 6) is -1.95. The second kappa shape index (κ2) is 8.52. The van der Waals surface area contributed by atoms with Gasteiger partial charge in [-0.3, -0.25) is 14.4 Å². The van der Waals surface area contributed by atoms with E-state index in [0.717, 1.165) is 16.7 Å². The van der Waals surface area contributed by atoms with Crippen molar-refractivity contribution in [3.63, 3.8) is 0 Å². The lowest BCUT2D eigenvalue weighted by Gasteiger charge is -2.37. The largest absolute Gasteiger partial charge is 0.274 e. The zero-order valence-corrected chi connectivity index (χ0v) is 20.2. The maximum Gasteiger partial charge on any atom is 0.274 e. The lowest BCUT2D eigenvalue weighted by Crippen LogP contribution is -2.50. The van der Waals surface area contributed by atoms with Crippen LogP contribution in [-0.2, 0) is 9.59 Å². The molecule has 0 bridgehead atoms. The number of hydrazine groups is 1. The Labute approximate surface area is 219 Å². The normalized spacial score (nSPS) is 21.6. The first-order chi connectivity index (χ1) is 18.6. The number of hydrogen-bond donors (Lipinski definition) is 0. The lowest BCUT2D eigenvalue weighted by molar-refractivity contribution is -0.126. The standard InChI is InChI=1S/C31H22N4O3/c36-29(21-14-6-2-7-15-21)34-28-25(30(37)33(31(28)38)22-16-8-3-9-17-22)27-24-19-11-10-18-23(24)26(32-35(27)34)20-12-4-1-5-13-20/h1-19,25,27-28H. The van der Waals surface area contributed by atoms with Crippen molar-refractivity contribution in [2.75, 3.05) is 4.90 Å². The Kier molecular flexibility index (Phi) is 4.97. The summed E-state index contributed by atoms with van der Waals surface area (Å²) in [7, 11) is 0. The van der Waals surface area contributed by atoms with Crippen molar-refractivity contribution in [1.82, 2.24) is 10.1 Å². The van der Waals surface area contributed by atoms with Gasteiger partial charge < -0.3 is 0 Å². The van der Waals surface area contributed by atoms with E-state index in [4.69, 9.17) is 5.10 Å². The van der Waals surface area contributed by atoms with Crippen molar-refractivity contribution in [3.05, 3.63) is 138 Å². The number of imide groups is 1. The number of rotatable bonds is 3. The van der Waals surface area contributed by atoms with Gasteiger partial charge in [-0.25, -0.2) is 9.91 Å². The molecule has 2 fully saturated rings. The third-order valence-corrected chi connectivity index (χ3v) is 7.42. The van der Waals surface area contributed by atoms with Gasteiger partial charge in [0.2, 0.25) is 5.91 Å². The number of fused-ring (bicyclic) bond motifs is 5. The summed E-state index contributed by atoms with van der Waals surface area (Å²) in [4.78, 5) is 43.2. The molecule has 38 heavy (non-hydrogen) atoms. The maximum atomic E-state index is 14.0. The van der Waals surface area contributed by atoms with E-state index < -0.39 is 23.9 Å². The predicted octanol–water partition coefficient (Wildman–Crippen LogP) is 4.42. The van der Waals surface area contributed by atoms with Crippen LogP contribution in [0.4, 0.5) is 5.69 Å². The topological polar surface area (TPSA) is 73.3 Å². The summed E-state index contributed by atoms with van der Waals surface area (Å²) >= 11 is 0. The van der Waals surface area contributed by atoms with Gasteiger partial charge in [-0.05, 0) is 29.8 Å². The van der Waals surface area contributed by atoms with Crippen molar-refractivity contribution in [2.45, 2.75) is 12.1 Å². The summed E-state index contributed by atoms with van der Waals surface area (Å²) in [5, 5.41) is 7.94. The van der Waals surface area contributed by atoms with Crippen LogP contribution in [0.25, 0.3) is 0 Å². The van der Waals surface area contributed by atoms with Crippen LogP contribution in [0.1, 0.15) is 33.1 Å². The number of carbonyl (C=O) groups is 3. The fourth-order valence-electron chi connectivity index (χ4n) is 5.78. The molecule has 3 aliphatic heterocycles. The minimum Gasteiger partial charge on any atom is -0.273 e. The number of hydrogen-bond acceptors (Lipinski definition) is 5. The molecule has 184 valence electrons. The van der Waals surface area contributed by atoms with Crippen molar-refractivity contribution in [3.8, 4) is 0 Å². The molecule has 0 aromatic heterocycles. The van der Waals surface area contributed by atoms with Crippen molar-refractivity contribution >= 4 is 29.1 Å². The van der Waals surface area contributed by atoms with Crippen molar-refractivity contribution in [1.29, 1.82) is 0 Å². The molecule has 3 unspecified atom stereocenters. The van der Waals surface area contributed by atoms with E-state index in [1.165, 1.54) is 9.91 Å². The monoisotopic (exact) mass is 498 g/mol. The van der Waals surface area contributed by atoms with Gasteiger partial charge in [0.05, 0.1) is 17.3 Å². The maximum absolute atomic E-state index is 14.0. The highest BCUT2D eigenvalue weighted by atomic mass is 16.2. The second-order valence-electron chi connectivity index (χ2n) is 9.50. The number of benzene rings is 4. The minimum atomic E-state index is -1.02. The Morgan fingerprint density at radius 3 is 1.97 bits per heavy atom. The molecule has 7 nitrogen and oxygen atoms in total. The van der Waals surface area contributed by atoms with E-state index in [9.17, 15) is 14.4 Å². The van der Waals surface area contributed by atoms with Gasteiger partial charge in [-0.2, -0.15) is 10.2 Å². The van der Waals surface area contributed by atoms with Crippen LogP contribution in [0.3, 0.4) is 0 Å². The Morgan fingerprint density at radius 2 is 1.26 bits per heavy atom. The Balaban J connectivity index is 1.44. The predicted molar refractivity (Wildman–Crippen MR) is 142 cm³/mol. The van der Waals surface area contributed by atoms with Gasteiger partial charge in [0.1, 0.15) is 12.1 Å². The van der Waals surface area contributed by atoms with Gasteiger partial charge in [0.15, 0.2) is 0 Å². The highest BCUT2D eigenvalue weighted by molar-refractivity contribution is 6.25. The van der Waals surface area contributed by atoms with Crippen molar-refractivity contribution in [2.24, 2.45) is 11.0 Å². The van der Waals surface area contributed by atoms with Gasteiger partial charge in [0.25, 0.3) is 11.8 Å². The molecule has 3 heterocycles. The molecular weight excluding hydrogens is 476 g/mol. The Bertz CT molecular complexity index is 1600. The first kappa shape index (κ1) is 22.2. The van der Waals surface area contributed by atoms with Gasteiger partial charge in [-0.1, -0.05) is 91.0 Å². The molecule has 0 N–H and O–H groups in total. The Morgan fingerprint density at radius 1 is 0.658 bits per heavy atom. The van der Waals surface area contributed by atoms with Gasteiger partial charge in [-0.15, -0.1) is 0 Å². The third kappa shape index (κ3) is 3.15. The number of para-hydroxylation sites is 1. The number of anilines is 1. The molecule has 2 saturated heterocycles.